The number of aromatic nitrogens is 1. The predicted octanol–water partition coefficient (Wildman–Crippen LogP) is 3.41. The summed E-state index contributed by atoms with van der Waals surface area (Å²) < 4.78 is 5.80. The number of carbonyl (C=O) groups is 1. The first-order valence-electron chi connectivity index (χ1n) is 7.91. The lowest BCUT2D eigenvalue weighted by atomic mass is 9.67. The molecule has 1 amide bonds. The molecule has 3 heterocycles. The summed E-state index contributed by atoms with van der Waals surface area (Å²) in [6.07, 6.45) is 3.67. The normalized spacial score (nSPS) is 30.6. The molecule has 5 heteroatoms. The molecule has 0 aromatic carbocycles. The van der Waals surface area contributed by atoms with E-state index in [4.69, 9.17) is 4.74 Å². The molecule has 2 aliphatic rings. The molecule has 2 fully saturated rings. The lowest BCUT2D eigenvalue weighted by Crippen LogP contribution is -2.52. The van der Waals surface area contributed by atoms with E-state index in [9.17, 15) is 9.90 Å². The number of rotatable bonds is 3. The molecule has 3 rings (SSSR count). The Bertz CT molecular complexity index is 555. The lowest BCUT2D eigenvalue weighted by molar-refractivity contribution is 0.0433. The van der Waals surface area contributed by atoms with Gasteiger partial charge in [0.25, 0.3) is 0 Å². The van der Waals surface area contributed by atoms with Crippen LogP contribution < -0.4 is 4.74 Å². The number of ether oxygens (including phenoxy) is 1. The van der Waals surface area contributed by atoms with Crippen LogP contribution in [0.2, 0.25) is 0 Å². The summed E-state index contributed by atoms with van der Waals surface area (Å²) in [6.45, 7) is 6.97. The largest absolute Gasteiger partial charge is 0.477 e. The van der Waals surface area contributed by atoms with Gasteiger partial charge >= 0.3 is 6.09 Å². The van der Waals surface area contributed by atoms with Crippen LogP contribution in [-0.2, 0) is 0 Å². The second kappa shape index (κ2) is 5.14. The van der Waals surface area contributed by atoms with E-state index in [1.54, 1.807) is 11.1 Å². The standard InChI is InChI=1S/C17H24N2O3/c1-16(2,3)17-8-7-13(19(17)15(20)21)12(10-17)11-22-14-6-4-5-9-18-14/h4-6,9,12-13H,7-8,10-11H2,1-3H3,(H,20,21)/t12-,13-,17?/m0/s1. The van der Waals surface area contributed by atoms with E-state index in [0.717, 1.165) is 19.3 Å². The van der Waals surface area contributed by atoms with Crippen LogP contribution in [0, 0.1) is 11.3 Å². The van der Waals surface area contributed by atoms with Crippen LogP contribution >= 0.6 is 0 Å². The summed E-state index contributed by atoms with van der Waals surface area (Å²) in [5, 5.41) is 9.70. The van der Waals surface area contributed by atoms with E-state index in [0.29, 0.717) is 12.5 Å². The van der Waals surface area contributed by atoms with Gasteiger partial charge < -0.3 is 9.84 Å². The average Bonchev–Trinajstić information content (AvgIpc) is 3.00. The zero-order chi connectivity index (χ0) is 16.0. The van der Waals surface area contributed by atoms with Gasteiger partial charge in [-0.1, -0.05) is 26.8 Å². The molecule has 5 nitrogen and oxygen atoms in total. The highest BCUT2D eigenvalue weighted by Crippen LogP contribution is 2.57. The number of hydrogen-bond donors (Lipinski definition) is 1. The Morgan fingerprint density at radius 3 is 2.82 bits per heavy atom. The first kappa shape index (κ1) is 15.1. The van der Waals surface area contributed by atoms with E-state index in [1.165, 1.54) is 0 Å². The molecule has 2 bridgehead atoms. The summed E-state index contributed by atoms with van der Waals surface area (Å²) >= 11 is 0. The van der Waals surface area contributed by atoms with E-state index >= 15 is 0 Å². The van der Waals surface area contributed by atoms with Crippen LogP contribution in [0.15, 0.2) is 24.4 Å². The van der Waals surface area contributed by atoms with E-state index in [2.05, 4.69) is 25.8 Å². The number of pyridine rings is 1. The van der Waals surface area contributed by atoms with Crippen molar-refractivity contribution in [2.45, 2.75) is 51.6 Å². The van der Waals surface area contributed by atoms with Crippen molar-refractivity contribution in [1.29, 1.82) is 0 Å². The quantitative estimate of drug-likeness (QED) is 0.929. The molecule has 1 aromatic heterocycles. The summed E-state index contributed by atoms with van der Waals surface area (Å²) in [7, 11) is 0. The fourth-order valence-corrected chi connectivity index (χ4v) is 4.33. The van der Waals surface area contributed by atoms with Gasteiger partial charge in [-0.15, -0.1) is 0 Å². The van der Waals surface area contributed by atoms with Crippen molar-refractivity contribution in [2.24, 2.45) is 11.3 Å². The molecule has 2 saturated heterocycles. The fourth-order valence-electron chi connectivity index (χ4n) is 4.33. The minimum atomic E-state index is -0.794. The summed E-state index contributed by atoms with van der Waals surface area (Å²) in [4.78, 5) is 17.7. The Hall–Kier alpha value is -1.78. The highest BCUT2D eigenvalue weighted by Gasteiger charge is 2.63. The second-order valence-corrected chi connectivity index (χ2v) is 7.48. The zero-order valence-electron chi connectivity index (χ0n) is 13.5. The minimum absolute atomic E-state index is 0.0696. The van der Waals surface area contributed by atoms with E-state index < -0.39 is 6.09 Å². The van der Waals surface area contributed by atoms with Crippen LogP contribution in [0.3, 0.4) is 0 Å². The van der Waals surface area contributed by atoms with Crippen molar-refractivity contribution in [2.75, 3.05) is 6.61 Å². The molecule has 2 aliphatic heterocycles. The van der Waals surface area contributed by atoms with Gasteiger partial charge in [0.15, 0.2) is 0 Å². The minimum Gasteiger partial charge on any atom is -0.477 e. The topological polar surface area (TPSA) is 62.7 Å². The maximum Gasteiger partial charge on any atom is 0.408 e. The third kappa shape index (κ3) is 2.23. The second-order valence-electron chi connectivity index (χ2n) is 7.48. The van der Waals surface area contributed by atoms with Crippen LogP contribution in [0.25, 0.3) is 0 Å². The molecule has 0 aliphatic carbocycles. The van der Waals surface area contributed by atoms with Crippen LogP contribution in [0.4, 0.5) is 4.79 Å². The fraction of sp³-hybridized carbons (Fsp3) is 0.647. The molecule has 1 unspecified atom stereocenters. The highest BCUT2D eigenvalue weighted by molar-refractivity contribution is 5.68. The average molecular weight is 304 g/mol. The Morgan fingerprint density at radius 2 is 2.27 bits per heavy atom. The van der Waals surface area contributed by atoms with Gasteiger partial charge in [0.05, 0.1) is 12.1 Å². The smallest absolute Gasteiger partial charge is 0.408 e. The van der Waals surface area contributed by atoms with Crippen LogP contribution in [-0.4, -0.2) is 39.3 Å². The number of carboxylic acid groups (broad SMARTS) is 1. The van der Waals surface area contributed by atoms with Gasteiger partial charge in [-0.05, 0) is 30.7 Å². The maximum atomic E-state index is 11.8. The molecule has 3 atom stereocenters. The third-order valence-corrected chi connectivity index (χ3v) is 5.48. The van der Waals surface area contributed by atoms with Gasteiger partial charge in [-0.3, -0.25) is 4.90 Å². The molecule has 120 valence electrons. The molecule has 1 N–H and O–H groups in total. The van der Waals surface area contributed by atoms with Crippen molar-refractivity contribution in [3.63, 3.8) is 0 Å². The first-order chi connectivity index (χ1) is 10.3. The molecule has 0 saturated carbocycles. The van der Waals surface area contributed by atoms with Crippen molar-refractivity contribution >= 4 is 6.09 Å². The van der Waals surface area contributed by atoms with Crippen molar-refractivity contribution in [3.8, 4) is 5.88 Å². The van der Waals surface area contributed by atoms with Gasteiger partial charge in [0.1, 0.15) is 0 Å². The Morgan fingerprint density at radius 1 is 1.50 bits per heavy atom. The molecule has 0 radical (unpaired) electrons. The summed E-state index contributed by atoms with van der Waals surface area (Å²) in [6, 6.07) is 5.65. The Balaban J connectivity index is 1.78. The number of fused-ring (bicyclic) bond motifs is 2. The van der Waals surface area contributed by atoms with Crippen LogP contribution in [0.1, 0.15) is 40.0 Å². The van der Waals surface area contributed by atoms with Crippen LogP contribution in [0.5, 0.6) is 5.88 Å². The van der Waals surface area contributed by atoms with Gasteiger partial charge in [0.2, 0.25) is 5.88 Å². The van der Waals surface area contributed by atoms with Crippen molar-refractivity contribution in [3.05, 3.63) is 24.4 Å². The van der Waals surface area contributed by atoms with Crippen molar-refractivity contribution in [1.82, 2.24) is 9.88 Å². The number of hydrogen-bond acceptors (Lipinski definition) is 3. The monoisotopic (exact) mass is 304 g/mol. The van der Waals surface area contributed by atoms with E-state index in [-0.39, 0.29) is 22.9 Å². The summed E-state index contributed by atoms with van der Waals surface area (Å²) in [5.41, 5.74) is -0.332. The first-order valence-corrected chi connectivity index (χ1v) is 7.91. The van der Waals surface area contributed by atoms with E-state index in [1.807, 2.05) is 18.2 Å². The highest BCUT2D eigenvalue weighted by atomic mass is 16.5. The Labute approximate surface area is 131 Å². The molecule has 1 aromatic rings. The molecule has 22 heavy (non-hydrogen) atoms. The molecular formula is C17H24N2O3. The molecular weight excluding hydrogens is 280 g/mol. The number of amides is 1. The summed E-state index contributed by atoms with van der Waals surface area (Å²) in [5.74, 6) is 0.850. The molecule has 0 spiro atoms. The third-order valence-electron chi connectivity index (χ3n) is 5.48. The van der Waals surface area contributed by atoms with Gasteiger partial charge in [-0.2, -0.15) is 0 Å². The van der Waals surface area contributed by atoms with Gasteiger partial charge in [0, 0.05) is 24.2 Å². The maximum absolute atomic E-state index is 11.8. The SMILES string of the molecule is CC(C)(C)C12CC[C@@H]([C@H](COc3ccccn3)C1)N2C(=O)O. The van der Waals surface area contributed by atoms with Gasteiger partial charge in [-0.25, -0.2) is 9.78 Å². The predicted molar refractivity (Wildman–Crippen MR) is 82.9 cm³/mol. The lowest BCUT2D eigenvalue weighted by Gasteiger charge is -2.44. The Kier molecular flexibility index (Phi) is 3.54. The van der Waals surface area contributed by atoms with Crippen molar-refractivity contribution < 1.29 is 14.6 Å². The number of nitrogens with zero attached hydrogens (tertiary/aromatic N) is 2. The zero-order valence-corrected chi connectivity index (χ0v) is 13.5.